The molecule has 3 aromatic carbocycles. The van der Waals surface area contributed by atoms with Gasteiger partial charge in [-0.15, -0.1) is 0 Å². The van der Waals surface area contributed by atoms with Crippen LogP contribution in [0.1, 0.15) is 36.1 Å². The van der Waals surface area contributed by atoms with E-state index in [0.29, 0.717) is 6.54 Å². The molecular formula is C23H25N2O+. The van der Waals surface area contributed by atoms with Crippen molar-refractivity contribution in [3.63, 3.8) is 0 Å². The zero-order chi connectivity index (χ0) is 17.9. The molecule has 0 spiro atoms. The lowest BCUT2D eigenvalue weighted by molar-refractivity contribution is -0.682. The van der Waals surface area contributed by atoms with E-state index < -0.39 is 0 Å². The number of fused-ring (bicyclic) bond motifs is 2. The van der Waals surface area contributed by atoms with Crippen molar-refractivity contribution in [2.24, 2.45) is 0 Å². The lowest BCUT2D eigenvalue weighted by Crippen LogP contribution is -2.86. The first kappa shape index (κ1) is 16.8. The Morgan fingerprint density at radius 2 is 1.85 bits per heavy atom. The highest BCUT2D eigenvalue weighted by Crippen LogP contribution is 2.25. The van der Waals surface area contributed by atoms with Gasteiger partial charge in [0.25, 0.3) is 5.91 Å². The number of aryl methyl sites for hydroxylation is 2. The quantitative estimate of drug-likeness (QED) is 0.729. The SMILES string of the molecule is C[C@@H]([NH2+]CC(=O)Nc1ccc2c(c1)CCC2)c1cccc2ccccc12. The molecule has 0 heterocycles. The van der Waals surface area contributed by atoms with Crippen molar-refractivity contribution >= 4 is 22.4 Å². The number of hydrogen-bond donors (Lipinski definition) is 2. The molecule has 0 aromatic heterocycles. The molecule has 3 heteroatoms. The Labute approximate surface area is 154 Å². The lowest BCUT2D eigenvalue weighted by atomic mass is 10.00. The number of quaternary nitrogens is 1. The number of carbonyl (C=O) groups excluding carboxylic acids is 1. The molecule has 3 nitrogen and oxygen atoms in total. The Morgan fingerprint density at radius 3 is 2.77 bits per heavy atom. The maximum Gasteiger partial charge on any atom is 0.279 e. The van der Waals surface area contributed by atoms with Crippen LogP contribution < -0.4 is 10.6 Å². The van der Waals surface area contributed by atoms with Crippen LogP contribution in [0, 0.1) is 0 Å². The molecule has 0 saturated heterocycles. The van der Waals surface area contributed by atoms with E-state index in [4.69, 9.17) is 0 Å². The third-order valence-corrected chi connectivity index (χ3v) is 5.35. The average Bonchev–Trinajstić information content (AvgIpc) is 3.13. The van der Waals surface area contributed by atoms with E-state index in [1.807, 2.05) is 6.07 Å². The molecule has 0 unspecified atom stereocenters. The second-order valence-corrected chi connectivity index (χ2v) is 7.18. The number of carbonyl (C=O) groups is 1. The van der Waals surface area contributed by atoms with Crippen molar-refractivity contribution < 1.29 is 10.1 Å². The van der Waals surface area contributed by atoms with Crippen molar-refractivity contribution in [2.45, 2.75) is 32.2 Å². The second kappa shape index (κ2) is 7.30. The van der Waals surface area contributed by atoms with Crippen LogP contribution in [0.25, 0.3) is 10.8 Å². The molecule has 0 aliphatic heterocycles. The summed E-state index contributed by atoms with van der Waals surface area (Å²) < 4.78 is 0. The van der Waals surface area contributed by atoms with E-state index in [-0.39, 0.29) is 11.9 Å². The summed E-state index contributed by atoms with van der Waals surface area (Å²) in [7, 11) is 0. The third kappa shape index (κ3) is 3.49. The van der Waals surface area contributed by atoms with Crippen LogP contribution in [0.15, 0.2) is 60.7 Å². The third-order valence-electron chi connectivity index (χ3n) is 5.35. The number of nitrogens with one attached hydrogen (secondary N) is 1. The highest BCUT2D eigenvalue weighted by Gasteiger charge is 2.15. The summed E-state index contributed by atoms with van der Waals surface area (Å²) in [5, 5.41) is 7.65. The first-order chi connectivity index (χ1) is 12.7. The van der Waals surface area contributed by atoms with Crippen LogP contribution in [0.3, 0.4) is 0 Å². The van der Waals surface area contributed by atoms with Gasteiger partial charge in [-0.25, -0.2) is 0 Å². The summed E-state index contributed by atoms with van der Waals surface area (Å²) in [4.78, 5) is 12.4. The van der Waals surface area contributed by atoms with Gasteiger partial charge >= 0.3 is 0 Å². The first-order valence-corrected chi connectivity index (χ1v) is 9.43. The largest absolute Gasteiger partial charge is 0.332 e. The summed E-state index contributed by atoms with van der Waals surface area (Å²) in [6.45, 7) is 2.58. The number of hydrogen-bond acceptors (Lipinski definition) is 1. The van der Waals surface area contributed by atoms with E-state index in [1.165, 1.54) is 40.3 Å². The van der Waals surface area contributed by atoms with Crippen LogP contribution in [0.2, 0.25) is 0 Å². The van der Waals surface area contributed by atoms with Crippen molar-refractivity contribution in [3.8, 4) is 0 Å². The van der Waals surface area contributed by atoms with E-state index >= 15 is 0 Å². The fourth-order valence-electron chi connectivity index (χ4n) is 3.92. The molecule has 1 aliphatic carbocycles. The molecule has 26 heavy (non-hydrogen) atoms. The summed E-state index contributed by atoms with van der Waals surface area (Å²) >= 11 is 0. The minimum Gasteiger partial charge on any atom is -0.332 e. The number of amides is 1. The van der Waals surface area contributed by atoms with Crippen LogP contribution in [-0.4, -0.2) is 12.5 Å². The van der Waals surface area contributed by atoms with Crippen LogP contribution in [0.5, 0.6) is 0 Å². The minimum atomic E-state index is 0.0510. The average molecular weight is 345 g/mol. The number of anilines is 1. The number of nitrogens with two attached hydrogens (primary N) is 1. The molecule has 0 fully saturated rings. The van der Waals surface area contributed by atoms with Crippen molar-refractivity contribution in [2.75, 3.05) is 11.9 Å². The Morgan fingerprint density at radius 1 is 1.04 bits per heavy atom. The highest BCUT2D eigenvalue weighted by molar-refractivity contribution is 5.91. The molecule has 3 aromatic rings. The molecule has 0 saturated carbocycles. The van der Waals surface area contributed by atoms with Crippen molar-refractivity contribution in [1.29, 1.82) is 0 Å². The lowest BCUT2D eigenvalue weighted by Gasteiger charge is -2.14. The fraction of sp³-hybridized carbons (Fsp3) is 0.261. The molecule has 1 amide bonds. The minimum absolute atomic E-state index is 0.0510. The van der Waals surface area contributed by atoms with Crippen LogP contribution >= 0.6 is 0 Å². The molecule has 3 N–H and O–H groups in total. The molecule has 0 radical (unpaired) electrons. The molecule has 132 valence electrons. The van der Waals surface area contributed by atoms with E-state index in [0.717, 1.165) is 12.1 Å². The predicted molar refractivity (Wildman–Crippen MR) is 106 cm³/mol. The van der Waals surface area contributed by atoms with Crippen molar-refractivity contribution in [3.05, 3.63) is 77.4 Å². The summed E-state index contributed by atoms with van der Waals surface area (Å²) in [5.74, 6) is 0.0510. The smallest absolute Gasteiger partial charge is 0.279 e. The second-order valence-electron chi connectivity index (χ2n) is 7.18. The number of benzene rings is 3. The normalized spacial score (nSPS) is 14.2. The monoisotopic (exact) mass is 345 g/mol. The van der Waals surface area contributed by atoms with Gasteiger partial charge in [-0.05, 0) is 60.2 Å². The topological polar surface area (TPSA) is 45.7 Å². The molecule has 4 rings (SSSR count). The molecule has 1 aliphatic rings. The fourth-order valence-corrected chi connectivity index (χ4v) is 3.92. The molecule has 1 atom stereocenters. The summed E-state index contributed by atoms with van der Waals surface area (Å²) in [5.41, 5.74) is 5.00. The zero-order valence-corrected chi connectivity index (χ0v) is 15.2. The summed E-state index contributed by atoms with van der Waals surface area (Å²) in [6.07, 6.45) is 3.52. The van der Waals surface area contributed by atoms with Gasteiger partial charge in [0.1, 0.15) is 6.04 Å². The van der Waals surface area contributed by atoms with Gasteiger partial charge in [0, 0.05) is 11.3 Å². The predicted octanol–water partition coefficient (Wildman–Crippen LogP) is 3.59. The van der Waals surface area contributed by atoms with E-state index in [2.05, 4.69) is 72.2 Å². The van der Waals surface area contributed by atoms with E-state index in [9.17, 15) is 4.79 Å². The van der Waals surface area contributed by atoms with Gasteiger partial charge in [0.2, 0.25) is 0 Å². The van der Waals surface area contributed by atoms with Gasteiger partial charge in [-0.2, -0.15) is 0 Å². The summed E-state index contributed by atoms with van der Waals surface area (Å²) in [6, 6.07) is 21.3. The Kier molecular flexibility index (Phi) is 4.72. The maximum atomic E-state index is 12.4. The van der Waals surface area contributed by atoms with Crippen LogP contribution in [0.4, 0.5) is 5.69 Å². The van der Waals surface area contributed by atoms with Gasteiger partial charge in [0.15, 0.2) is 6.54 Å². The molecule has 0 bridgehead atoms. The molecular weight excluding hydrogens is 320 g/mol. The van der Waals surface area contributed by atoms with E-state index in [1.54, 1.807) is 0 Å². The number of rotatable bonds is 5. The van der Waals surface area contributed by atoms with Gasteiger partial charge in [-0.3, -0.25) is 4.79 Å². The standard InChI is InChI=1S/C23H24N2O/c1-16(21-11-5-8-18-6-2-3-10-22(18)21)24-15-23(26)25-20-13-12-17-7-4-9-19(17)14-20/h2-3,5-6,8,10-14,16,24H,4,7,9,15H2,1H3,(H,25,26)/p+1/t16-/m1/s1. The highest BCUT2D eigenvalue weighted by atomic mass is 16.1. The Hall–Kier alpha value is -2.65. The van der Waals surface area contributed by atoms with Crippen LogP contribution in [-0.2, 0) is 17.6 Å². The maximum absolute atomic E-state index is 12.4. The Balaban J connectivity index is 1.39. The van der Waals surface area contributed by atoms with Gasteiger partial charge in [-0.1, -0.05) is 48.5 Å². The first-order valence-electron chi connectivity index (χ1n) is 9.43. The van der Waals surface area contributed by atoms with Gasteiger partial charge in [0.05, 0.1) is 0 Å². The van der Waals surface area contributed by atoms with Crippen molar-refractivity contribution in [1.82, 2.24) is 0 Å². The van der Waals surface area contributed by atoms with Gasteiger partial charge < -0.3 is 10.6 Å². The Bertz CT molecular complexity index is 943. The zero-order valence-electron chi connectivity index (χ0n) is 15.2.